The van der Waals surface area contributed by atoms with Gasteiger partial charge in [0.25, 0.3) is 0 Å². The molecule has 0 radical (unpaired) electrons. The Morgan fingerprint density at radius 2 is 1.94 bits per heavy atom. The van der Waals surface area contributed by atoms with E-state index in [1.165, 1.54) is 44.9 Å². The van der Waals surface area contributed by atoms with Crippen LogP contribution in [0.15, 0.2) is 0 Å². The third-order valence-electron chi connectivity index (χ3n) is 5.12. The molecular formula is C15H26N2O. The molecule has 0 aromatic heterocycles. The zero-order valence-corrected chi connectivity index (χ0v) is 11.3. The zero-order chi connectivity index (χ0) is 12.4. The van der Waals surface area contributed by atoms with Crippen molar-refractivity contribution in [1.29, 1.82) is 0 Å². The standard InChI is InChI=1S/C15H26N2O/c18-15(17-10-12-7-4-8-16-12)14-9-13(14)11-5-2-1-3-6-11/h11-14,16H,1-10H2,(H,17,18)/t12-,13-,14+/m0/s1. The fourth-order valence-electron chi connectivity index (χ4n) is 3.89. The Morgan fingerprint density at radius 3 is 2.67 bits per heavy atom. The molecule has 2 N–H and O–H groups in total. The van der Waals surface area contributed by atoms with Crippen molar-refractivity contribution in [3.05, 3.63) is 0 Å². The molecule has 1 heterocycles. The number of carbonyl (C=O) groups excluding carboxylic acids is 1. The normalized spacial score (nSPS) is 36.6. The fraction of sp³-hybridized carbons (Fsp3) is 0.933. The van der Waals surface area contributed by atoms with Crippen LogP contribution in [-0.2, 0) is 4.79 Å². The summed E-state index contributed by atoms with van der Waals surface area (Å²) in [4.78, 5) is 12.1. The molecule has 0 unspecified atom stereocenters. The molecule has 0 aromatic carbocycles. The maximum absolute atomic E-state index is 12.1. The van der Waals surface area contributed by atoms with Crippen molar-refractivity contribution in [2.75, 3.05) is 13.1 Å². The van der Waals surface area contributed by atoms with E-state index >= 15 is 0 Å². The molecule has 0 aromatic rings. The Labute approximate surface area is 110 Å². The van der Waals surface area contributed by atoms with Crippen LogP contribution in [0, 0.1) is 17.8 Å². The van der Waals surface area contributed by atoms with Gasteiger partial charge < -0.3 is 10.6 Å². The zero-order valence-electron chi connectivity index (χ0n) is 11.3. The van der Waals surface area contributed by atoms with E-state index in [2.05, 4.69) is 10.6 Å². The monoisotopic (exact) mass is 250 g/mol. The highest BCUT2D eigenvalue weighted by Gasteiger charge is 2.47. The average molecular weight is 250 g/mol. The van der Waals surface area contributed by atoms with E-state index in [0.717, 1.165) is 31.3 Å². The van der Waals surface area contributed by atoms with Gasteiger partial charge in [-0.05, 0) is 37.6 Å². The second-order valence-electron chi connectivity index (χ2n) is 6.44. The molecule has 2 saturated carbocycles. The lowest BCUT2D eigenvalue weighted by molar-refractivity contribution is -0.122. The number of hydrogen-bond donors (Lipinski definition) is 2. The number of nitrogens with one attached hydrogen (secondary N) is 2. The van der Waals surface area contributed by atoms with Gasteiger partial charge in [0.05, 0.1) is 0 Å². The Bertz CT molecular complexity index is 293. The molecule has 3 atom stereocenters. The molecular weight excluding hydrogens is 224 g/mol. The predicted octanol–water partition coefficient (Wildman–Crippen LogP) is 2.07. The van der Waals surface area contributed by atoms with Crippen molar-refractivity contribution < 1.29 is 4.79 Å². The Morgan fingerprint density at radius 1 is 1.11 bits per heavy atom. The molecule has 1 saturated heterocycles. The van der Waals surface area contributed by atoms with Crippen LogP contribution in [-0.4, -0.2) is 25.0 Å². The van der Waals surface area contributed by atoms with E-state index in [0.29, 0.717) is 17.9 Å². The van der Waals surface area contributed by atoms with Crippen LogP contribution >= 0.6 is 0 Å². The van der Waals surface area contributed by atoms with Crippen molar-refractivity contribution in [2.24, 2.45) is 17.8 Å². The topological polar surface area (TPSA) is 41.1 Å². The maximum atomic E-state index is 12.1. The second-order valence-corrected chi connectivity index (χ2v) is 6.44. The Balaban J connectivity index is 1.38. The second kappa shape index (κ2) is 5.60. The van der Waals surface area contributed by atoms with Crippen LogP contribution in [0.3, 0.4) is 0 Å². The van der Waals surface area contributed by atoms with Gasteiger partial charge >= 0.3 is 0 Å². The summed E-state index contributed by atoms with van der Waals surface area (Å²) in [5.74, 6) is 2.27. The minimum Gasteiger partial charge on any atom is -0.354 e. The first-order chi connectivity index (χ1) is 8.84. The van der Waals surface area contributed by atoms with E-state index in [1.807, 2.05) is 0 Å². The van der Waals surface area contributed by atoms with Crippen molar-refractivity contribution in [3.8, 4) is 0 Å². The highest BCUT2D eigenvalue weighted by atomic mass is 16.2. The first-order valence-corrected chi connectivity index (χ1v) is 7.85. The summed E-state index contributed by atoms with van der Waals surface area (Å²) in [7, 11) is 0. The van der Waals surface area contributed by atoms with Crippen LogP contribution < -0.4 is 10.6 Å². The van der Waals surface area contributed by atoms with Gasteiger partial charge in [-0.3, -0.25) is 4.79 Å². The summed E-state index contributed by atoms with van der Waals surface area (Å²) in [6.45, 7) is 1.96. The smallest absolute Gasteiger partial charge is 0.223 e. The first kappa shape index (κ1) is 12.5. The number of amides is 1. The molecule has 3 aliphatic rings. The van der Waals surface area contributed by atoms with Gasteiger partial charge in [0.1, 0.15) is 0 Å². The molecule has 1 amide bonds. The summed E-state index contributed by atoms with van der Waals surface area (Å²) in [5, 5.41) is 6.59. The largest absolute Gasteiger partial charge is 0.354 e. The lowest BCUT2D eigenvalue weighted by Crippen LogP contribution is -2.38. The van der Waals surface area contributed by atoms with Gasteiger partial charge in [0.15, 0.2) is 0 Å². The van der Waals surface area contributed by atoms with E-state index in [1.54, 1.807) is 0 Å². The van der Waals surface area contributed by atoms with E-state index in [-0.39, 0.29) is 0 Å². The molecule has 3 rings (SSSR count). The van der Waals surface area contributed by atoms with Crippen molar-refractivity contribution in [1.82, 2.24) is 10.6 Å². The van der Waals surface area contributed by atoms with Gasteiger partial charge in [0.2, 0.25) is 5.91 Å². The van der Waals surface area contributed by atoms with Crippen LogP contribution in [0.4, 0.5) is 0 Å². The van der Waals surface area contributed by atoms with Crippen molar-refractivity contribution in [3.63, 3.8) is 0 Å². The lowest BCUT2D eigenvalue weighted by atomic mass is 9.85. The molecule has 102 valence electrons. The number of hydrogen-bond acceptors (Lipinski definition) is 2. The molecule has 18 heavy (non-hydrogen) atoms. The molecule has 3 nitrogen and oxygen atoms in total. The molecule has 2 aliphatic carbocycles. The summed E-state index contributed by atoms with van der Waals surface area (Å²) >= 11 is 0. The molecule has 0 bridgehead atoms. The van der Waals surface area contributed by atoms with Gasteiger partial charge in [-0.25, -0.2) is 0 Å². The van der Waals surface area contributed by atoms with Gasteiger partial charge in [-0.15, -0.1) is 0 Å². The van der Waals surface area contributed by atoms with E-state index in [9.17, 15) is 4.79 Å². The van der Waals surface area contributed by atoms with Crippen molar-refractivity contribution >= 4 is 5.91 Å². The van der Waals surface area contributed by atoms with Crippen LogP contribution in [0.1, 0.15) is 51.4 Å². The maximum Gasteiger partial charge on any atom is 0.223 e. The molecule has 3 fully saturated rings. The van der Waals surface area contributed by atoms with E-state index < -0.39 is 0 Å². The summed E-state index contributed by atoms with van der Waals surface area (Å²) in [6.07, 6.45) is 10.6. The highest BCUT2D eigenvalue weighted by molar-refractivity contribution is 5.81. The van der Waals surface area contributed by atoms with Gasteiger partial charge in [-0.2, -0.15) is 0 Å². The van der Waals surface area contributed by atoms with Crippen LogP contribution in [0.5, 0.6) is 0 Å². The summed E-state index contributed by atoms with van der Waals surface area (Å²) < 4.78 is 0. The lowest BCUT2D eigenvalue weighted by Gasteiger charge is -2.21. The third kappa shape index (κ3) is 2.87. The summed E-state index contributed by atoms with van der Waals surface area (Å²) in [5.41, 5.74) is 0. The highest BCUT2D eigenvalue weighted by Crippen LogP contribution is 2.49. The third-order valence-corrected chi connectivity index (χ3v) is 5.12. The SMILES string of the molecule is O=C(NC[C@@H]1CCCN1)[C@@H]1C[C@H]1C1CCCCC1. The van der Waals surface area contributed by atoms with Crippen molar-refractivity contribution in [2.45, 2.75) is 57.4 Å². The fourth-order valence-corrected chi connectivity index (χ4v) is 3.89. The van der Waals surface area contributed by atoms with E-state index in [4.69, 9.17) is 0 Å². The average Bonchev–Trinajstić information content (AvgIpc) is 3.05. The number of carbonyl (C=O) groups is 1. The van der Waals surface area contributed by atoms with Crippen LogP contribution in [0.25, 0.3) is 0 Å². The quantitative estimate of drug-likeness (QED) is 0.802. The van der Waals surface area contributed by atoms with Crippen LogP contribution in [0.2, 0.25) is 0 Å². The number of rotatable bonds is 4. The molecule has 3 heteroatoms. The van der Waals surface area contributed by atoms with Gasteiger partial charge in [-0.1, -0.05) is 32.1 Å². The Kier molecular flexibility index (Phi) is 3.88. The van der Waals surface area contributed by atoms with Gasteiger partial charge in [0, 0.05) is 18.5 Å². The minimum absolute atomic E-state index is 0.333. The molecule has 0 spiro atoms. The summed E-state index contributed by atoms with van der Waals surface area (Å²) in [6, 6.07) is 0.529. The molecule has 1 aliphatic heterocycles. The first-order valence-electron chi connectivity index (χ1n) is 7.85. The minimum atomic E-state index is 0.333. The predicted molar refractivity (Wildman–Crippen MR) is 72.2 cm³/mol. The Hall–Kier alpha value is -0.570.